The molecule has 0 aromatic heterocycles. The second-order valence-electron chi connectivity index (χ2n) is 15.0. The SMILES string of the molecule is C#C[C@@H](O)/C=C/[C@H](O)CCC[C@@H](O)CC#C[C@H](O)C#C[C@@H](O)CCC[C@@H](O)/C=C/CCCC(=O)CCCCCCCCCCCCCCC[C@H](O)[C@H](O)C#CC(=O)O. The number of carboxylic acid groups (broad SMARTS) is 1. The zero-order valence-electron chi connectivity index (χ0n) is 34.5. The lowest BCUT2D eigenvalue weighted by Crippen LogP contribution is -2.24. The van der Waals surface area contributed by atoms with Crippen molar-refractivity contribution in [1.82, 2.24) is 0 Å². The summed E-state index contributed by atoms with van der Waals surface area (Å²) < 4.78 is 0. The average Bonchev–Trinajstić information content (AvgIpc) is 3.19. The molecule has 0 fully saturated rings. The van der Waals surface area contributed by atoms with Crippen molar-refractivity contribution in [2.75, 3.05) is 0 Å². The molecule has 0 aliphatic carbocycles. The van der Waals surface area contributed by atoms with Crippen LogP contribution < -0.4 is 0 Å². The summed E-state index contributed by atoms with van der Waals surface area (Å²) in [4.78, 5) is 22.6. The van der Waals surface area contributed by atoms with E-state index in [-0.39, 0.29) is 12.2 Å². The Hall–Kier alpha value is -3.46. The Morgan fingerprint density at radius 2 is 1.10 bits per heavy atom. The van der Waals surface area contributed by atoms with Crippen LogP contribution in [-0.4, -0.2) is 107 Å². The van der Waals surface area contributed by atoms with Crippen LogP contribution >= 0.6 is 0 Å². The van der Waals surface area contributed by atoms with Crippen molar-refractivity contribution in [3.05, 3.63) is 24.3 Å². The summed E-state index contributed by atoms with van der Waals surface area (Å²) >= 11 is 0. The van der Waals surface area contributed by atoms with E-state index in [2.05, 4.69) is 35.5 Å². The van der Waals surface area contributed by atoms with Gasteiger partial charge in [0.25, 0.3) is 0 Å². The quantitative estimate of drug-likeness (QED) is 0.0243. The van der Waals surface area contributed by atoms with E-state index in [1.54, 1.807) is 6.08 Å². The van der Waals surface area contributed by atoms with E-state index in [4.69, 9.17) is 11.5 Å². The maximum absolute atomic E-state index is 12.2. The zero-order chi connectivity index (χ0) is 43.2. The van der Waals surface area contributed by atoms with Crippen molar-refractivity contribution in [2.24, 2.45) is 0 Å². The van der Waals surface area contributed by atoms with Gasteiger partial charge in [-0.05, 0) is 70.3 Å². The summed E-state index contributed by atoms with van der Waals surface area (Å²) in [6.45, 7) is 0. The van der Waals surface area contributed by atoms with Crippen LogP contribution in [0.15, 0.2) is 24.3 Å². The maximum Gasteiger partial charge on any atom is 0.381 e. The van der Waals surface area contributed by atoms with E-state index < -0.39 is 54.8 Å². The number of aliphatic carboxylic acids is 1. The van der Waals surface area contributed by atoms with Crippen molar-refractivity contribution in [2.45, 2.75) is 209 Å². The molecule has 0 aromatic carbocycles. The molecule has 0 bridgehead atoms. The van der Waals surface area contributed by atoms with Crippen molar-refractivity contribution < 1.29 is 55.5 Å². The zero-order valence-corrected chi connectivity index (χ0v) is 34.5. The Balaban J connectivity index is 3.77. The first kappa shape index (κ1) is 54.5. The summed E-state index contributed by atoms with van der Waals surface area (Å²) in [6, 6.07) is 0. The molecule has 8 atom stereocenters. The molecular weight excluding hydrogens is 741 g/mol. The van der Waals surface area contributed by atoms with E-state index >= 15 is 0 Å². The third-order valence-corrected chi connectivity index (χ3v) is 9.50. The Kier molecular flexibility index (Phi) is 35.5. The van der Waals surface area contributed by atoms with Crippen LogP contribution in [0.5, 0.6) is 0 Å². The number of allylic oxidation sites excluding steroid dienone is 1. The van der Waals surface area contributed by atoms with Crippen LogP contribution in [0.4, 0.5) is 0 Å². The van der Waals surface area contributed by atoms with E-state index in [1.807, 2.05) is 12.0 Å². The number of rotatable bonds is 33. The first-order valence-electron chi connectivity index (χ1n) is 21.3. The Labute approximate surface area is 348 Å². The second-order valence-corrected chi connectivity index (χ2v) is 15.0. The molecule has 0 heterocycles. The minimum atomic E-state index is -1.32. The van der Waals surface area contributed by atoms with Gasteiger partial charge in [-0.1, -0.05) is 131 Å². The molecule has 0 spiro atoms. The van der Waals surface area contributed by atoms with Gasteiger partial charge in [-0.15, -0.1) is 6.42 Å². The lowest BCUT2D eigenvalue weighted by Gasteiger charge is -2.12. The first-order chi connectivity index (χ1) is 27.8. The van der Waals surface area contributed by atoms with Gasteiger partial charge in [-0.3, -0.25) is 4.79 Å². The largest absolute Gasteiger partial charge is 0.472 e. The lowest BCUT2D eigenvalue weighted by atomic mass is 10.0. The van der Waals surface area contributed by atoms with Crippen LogP contribution in [0.1, 0.15) is 161 Å². The predicted octanol–water partition coefficient (Wildman–Crippen LogP) is 5.04. The summed E-state index contributed by atoms with van der Waals surface area (Å²) in [5.74, 6) is 15.3. The van der Waals surface area contributed by atoms with Gasteiger partial charge >= 0.3 is 5.97 Å². The van der Waals surface area contributed by atoms with E-state index in [0.717, 1.165) is 57.8 Å². The summed E-state index contributed by atoms with van der Waals surface area (Å²) in [7, 11) is 0. The monoisotopic (exact) mass is 813 g/mol. The predicted molar refractivity (Wildman–Crippen MR) is 227 cm³/mol. The minimum Gasteiger partial charge on any atom is -0.472 e. The smallest absolute Gasteiger partial charge is 0.381 e. The number of carboxylic acids is 1. The molecule has 9 N–H and O–H groups in total. The molecule has 0 rings (SSSR count). The number of hydrogen-bond acceptors (Lipinski definition) is 10. The Morgan fingerprint density at radius 1 is 0.552 bits per heavy atom. The summed E-state index contributed by atoms with van der Waals surface area (Å²) in [6.07, 6.45) is 23.9. The van der Waals surface area contributed by atoms with E-state index in [0.29, 0.717) is 57.8 Å². The fourth-order valence-electron chi connectivity index (χ4n) is 6.03. The van der Waals surface area contributed by atoms with Crippen LogP contribution in [-0.2, 0) is 9.59 Å². The molecule has 0 saturated heterocycles. The van der Waals surface area contributed by atoms with Gasteiger partial charge in [0, 0.05) is 25.2 Å². The summed E-state index contributed by atoms with van der Waals surface area (Å²) in [5.41, 5.74) is 0. The normalized spacial score (nSPS) is 15.4. The number of ketones is 1. The number of carbonyl (C=O) groups is 2. The number of hydrogen-bond donors (Lipinski definition) is 9. The molecule has 326 valence electrons. The van der Waals surface area contributed by atoms with Gasteiger partial charge in [0.05, 0.1) is 24.4 Å². The third kappa shape index (κ3) is 36.9. The highest BCUT2D eigenvalue weighted by molar-refractivity contribution is 5.86. The number of Topliss-reactive ketones (excluding diaryl/α,β-unsaturated/α-hetero) is 1. The molecule has 58 heavy (non-hydrogen) atoms. The first-order valence-corrected chi connectivity index (χ1v) is 21.3. The van der Waals surface area contributed by atoms with Crippen LogP contribution in [0.3, 0.4) is 0 Å². The molecule has 0 aliphatic heterocycles. The molecule has 0 aliphatic rings. The van der Waals surface area contributed by atoms with Gasteiger partial charge in [-0.25, -0.2) is 4.79 Å². The van der Waals surface area contributed by atoms with Gasteiger partial charge in [0.15, 0.2) is 6.10 Å². The van der Waals surface area contributed by atoms with Gasteiger partial charge in [-0.2, -0.15) is 0 Å². The second kappa shape index (κ2) is 37.8. The number of aliphatic hydroxyl groups is 8. The van der Waals surface area contributed by atoms with Crippen molar-refractivity contribution >= 4 is 11.8 Å². The fraction of sp³-hybridized carbons (Fsp3) is 0.702. The molecular formula is C47H72O11. The highest BCUT2D eigenvalue weighted by Crippen LogP contribution is 2.15. The molecule has 0 saturated carbocycles. The number of carbonyl (C=O) groups excluding carboxylic acids is 1. The summed E-state index contributed by atoms with van der Waals surface area (Å²) in [5, 5.41) is 87.2. The topological polar surface area (TPSA) is 216 Å². The van der Waals surface area contributed by atoms with Crippen LogP contribution in [0.2, 0.25) is 0 Å². The van der Waals surface area contributed by atoms with Gasteiger partial charge in [0.1, 0.15) is 24.1 Å². The Bertz CT molecular complexity index is 1370. The van der Waals surface area contributed by atoms with Crippen molar-refractivity contribution in [3.63, 3.8) is 0 Å². The number of aliphatic hydroxyl groups excluding tert-OH is 8. The van der Waals surface area contributed by atoms with Crippen molar-refractivity contribution in [3.8, 4) is 47.9 Å². The highest BCUT2D eigenvalue weighted by atomic mass is 16.4. The minimum absolute atomic E-state index is 0.128. The lowest BCUT2D eigenvalue weighted by molar-refractivity contribution is -0.130. The van der Waals surface area contributed by atoms with Gasteiger partial charge < -0.3 is 46.0 Å². The van der Waals surface area contributed by atoms with Gasteiger partial charge in [0.2, 0.25) is 0 Å². The standard InChI is InChI=1S/C47H72O11/c1-2-38(48)32-33-42(52)28-20-26-41(51)27-21-30-44(54)35-34-43(53)29-19-25-40(50)24-17-14-16-23-39(49)22-15-12-10-8-6-4-3-5-7-9-11-13-18-31-45(55)46(56)36-37-47(57)58/h1,17,24,32-33,38,40-46,48,50-56H,3-16,18-20,22-23,25-29,31H2,(H,57,58)/b24-17+,33-32+/t38-,40+,41-,42-,43+,44+,45+,46-/m1/s1. The molecule has 11 heteroatoms. The van der Waals surface area contributed by atoms with E-state index in [1.165, 1.54) is 50.7 Å². The van der Waals surface area contributed by atoms with Crippen LogP contribution in [0, 0.1) is 47.9 Å². The Morgan fingerprint density at radius 3 is 1.71 bits per heavy atom. The van der Waals surface area contributed by atoms with Crippen LogP contribution in [0.25, 0.3) is 0 Å². The molecule has 0 aromatic rings. The fourth-order valence-corrected chi connectivity index (χ4v) is 6.03. The average molecular weight is 813 g/mol. The number of unbranched alkanes of at least 4 members (excludes halogenated alkanes) is 13. The number of terminal acetylenes is 1. The van der Waals surface area contributed by atoms with E-state index in [9.17, 15) is 50.4 Å². The maximum atomic E-state index is 12.2. The van der Waals surface area contributed by atoms with Crippen molar-refractivity contribution in [1.29, 1.82) is 0 Å². The molecule has 0 unspecified atom stereocenters. The molecule has 11 nitrogen and oxygen atoms in total. The third-order valence-electron chi connectivity index (χ3n) is 9.50. The molecule has 0 amide bonds. The highest BCUT2D eigenvalue weighted by Gasteiger charge is 2.13. The molecule has 0 radical (unpaired) electrons.